The number of carbonyl (C=O) groups is 2. The summed E-state index contributed by atoms with van der Waals surface area (Å²) >= 11 is 0. The fourth-order valence-corrected chi connectivity index (χ4v) is 3.56. The summed E-state index contributed by atoms with van der Waals surface area (Å²) in [5.41, 5.74) is 8.61. The van der Waals surface area contributed by atoms with Crippen molar-refractivity contribution in [3.8, 4) is 5.75 Å². The van der Waals surface area contributed by atoms with E-state index in [1.54, 1.807) is 13.2 Å². The Morgan fingerprint density at radius 2 is 2.00 bits per heavy atom. The summed E-state index contributed by atoms with van der Waals surface area (Å²) in [5.74, 6) is 0.825. The lowest BCUT2D eigenvalue weighted by Gasteiger charge is -2.17. The first-order chi connectivity index (χ1) is 12.5. The van der Waals surface area contributed by atoms with Crippen molar-refractivity contribution in [2.24, 2.45) is 11.7 Å². The van der Waals surface area contributed by atoms with Crippen molar-refractivity contribution in [1.29, 1.82) is 0 Å². The highest BCUT2D eigenvalue weighted by Crippen LogP contribution is 2.25. The quantitative estimate of drug-likeness (QED) is 0.899. The van der Waals surface area contributed by atoms with Gasteiger partial charge in [-0.1, -0.05) is 12.1 Å². The molecule has 1 aliphatic heterocycles. The van der Waals surface area contributed by atoms with Crippen LogP contribution in [0.3, 0.4) is 0 Å². The minimum atomic E-state index is -0.412. The van der Waals surface area contributed by atoms with E-state index in [0.717, 1.165) is 42.8 Å². The molecule has 0 saturated carbocycles. The number of hydrogen-bond acceptors (Lipinski definition) is 3. The van der Waals surface area contributed by atoms with Crippen molar-refractivity contribution in [2.75, 3.05) is 20.2 Å². The zero-order valence-corrected chi connectivity index (χ0v) is 15.2. The average molecular weight is 352 g/mol. The van der Waals surface area contributed by atoms with Crippen LogP contribution in [0.25, 0.3) is 0 Å². The molecule has 0 aromatic heterocycles. The van der Waals surface area contributed by atoms with Crippen molar-refractivity contribution < 1.29 is 14.3 Å². The summed E-state index contributed by atoms with van der Waals surface area (Å²) < 4.78 is 5.26. The molecule has 1 aliphatic rings. The number of benzene rings is 2. The standard InChI is InChI=1S/C21H24N2O3/c1-14-10-18(6-7-19(14)26-2)21(25)23-9-8-16(13-23)11-15-4-3-5-17(12-15)20(22)24/h3-7,10,12,16H,8-9,11,13H2,1-2H3,(H2,22,24). The summed E-state index contributed by atoms with van der Waals surface area (Å²) in [6.07, 6.45) is 1.80. The van der Waals surface area contributed by atoms with Gasteiger partial charge in [0.05, 0.1) is 7.11 Å². The van der Waals surface area contributed by atoms with Gasteiger partial charge >= 0.3 is 0 Å². The predicted octanol–water partition coefficient (Wildman–Crippen LogP) is 2.81. The molecule has 5 heteroatoms. The number of likely N-dealkylation sites (tertiary alicyclic amines) is 1. The van der Waals surface area contributed by atoms with Gasteiger partial charge in [0.15, 0.2) is 0 Å². The molecule has 1 fully saturated rings. The van der Waals surface area contributed by atoms with Gasteiger partial charge in [0.25, 0.3) is 5.91 Å². The smallest absolute Gasteiger partial charge is 0.253 e. The number of nitrogens with two attached hydrogens (primary N) is 1. The second-order valence-electron chi connectivity index (χ2n) is 6.86. The number of rotatable bonds is 5. The van der Waals surface area contributed by atoms with Crippen molar-refractivity contribution in [3.05, 3.63) is 64.7 Å². The maximum Gasteiger partial charge on any atom is 0.253 e. The van der Waals surface area contributed by atoms with E-state index < -0.39 is 5.91 Å². The van der Waals surface area contributed by atoms with Gasteiger partial charge in [-0.05, 0) is 67.1 Å². The molecule has 3 rings (SSSR count). The molecule has 0 radical (unpaired) electrons. The van der Waals surface area contributed by atoms with Gasteiger partial charge < -0.3 is 15.4 Å². The molecule has 1 heterocycles. The molecule has 0 spiro atoms. The third kappa shape index (κ3) is 3.87. The van der Waals surface area contributed by atoms with Gasteiger partial charge in [-0.15, -0.1) is 0 Å². The Balaban J connectivity index is 1.65. The Labute approximate surface area is 153 Å². The highest BCUT2D eigenvalue weighted by Gasteiger charge is 2.27. The van der Waals surface area contributed by atoms with Crippen LogP contribution in [0.5, 0.6) is 5.75 Å². The van der Waals surface area contributed by atoms with Gasteiger partial charge in [0, 0.05) is 24.2 Å². The fraction of sp³-hybridized carbons (Fsp3) is 0.333. The minimum absolute atomic E-state index is 0.0594. The first-order valence-electron chi connectivity index (χ1n) is 8.80. The van der Waals surface area contributed by atoms with E-state index in [1.807, 2.05) is 48.2 Å². The molecule has 2 aromatic carbocycles. The molecule has 5 nitrogen and oxygen atoms in total. The highest BCUT2D eigenvalue weighted by atomic mass is 16.5. The molecule has 136 valence electrons. The zero-order valence-electron chi connectivity index (χ0n) is 15.2. The second kappa shape index (κ2) is 7.60. The van der Waals surface area contributed by atoms with Crippen LogP contribution < -0.4 is 10.5 Å². The number of ether oxygens (including phenoxy) is 1. The van der Waals surface area contributed by atoms with Gasteiger partial charge in [0.1, 0.15) is 5.75 Å². The summed E-state index contributed by atoms with van der Waals surface area (Å²) in [4.78, 5) is 26.0. The Hall–Kier alpha value is -2.82. The summed E-state index contributed by atoms with van der Waals surface area (Å²) in [6.45, 7) is 3.42. The number of methoxy groups -OCH3 is 1. The predicted molar refractivity (Wildman–Crippen MR) is 100 cm³/mol. The first-order valence-corrected chi connectivity index (χ1v) is 8.80. The zero-order chi connectivity index (χ0) is 18.7. The molecule has 0 aliphatic carbocycles. The maximum absolute atomic E-state index is 12.8. The largest absolute Gasteiger partial charge is 0.496 e. The molecule has 26 heavy (non-hydrogen) atoms. The molecule has 2 N–H and O–H groups in total. The number of aryl methyl sites for hydroxylation is 1. The number of primary amides is 1. The molecular formula is C21H24N2O3. The average Bonchev–Trinajstić information content (AvgIpc) is 3.09. The van der Waals surface area contributed by atoms with Crippen LogP contribution in [0.1, 0.15) is 38.3 Å². The van der Waals surface area contributed by atoms with E-state index in [4.69, 9.17) is 10.5 Å². The summed E-state index contributed by atoms with van der Waals surface area (Å²) in [5, 5.41) is 0. The van der Waals surface area contributed by atoms with Gasteiger partial charge in [0.2, 0.25) is 5.91 Å². The van der Waals surface area contributed by atoms with E-state index in [2.05, 4.69) is 0 Å². The summed E-state index contributed by atoms with van der Waals surface area (Å²) in [7, 11) is 1.63. The molecule has 2 amide bonds. The fourth-order valence-electron chi connectivity index (χ4n) is 3.56. The number of carbonyl (C=O) groups excluding carboxylic acids is 2. The molecule has 1 saturated heterocycles. The molecular weight excluding hydrogens is 328 g/mol. The van der Waals surface area contributed by atoms with Crippen LogP contribution in [0, 0.1) is 12.8 Å². The van der Waals surface area contributed by atoms with Crippen LogP contribution in [0.2, 0.25) is 0 Å². The Bertz CT molecular complexity index is 832. The first kappa shape index (κ1) is 18.0. The number of hydrogen-bond donors (Lipinski definition) is 1. The highest BCUT2D eigenvalue weighted by molar-refractivity contribution is 5.95. The second-order valence-corrected chi connectivity index (χ2v) is 6.86. The van der Waals surface area contributed by atoms with Crippen LogP contribution >= 0.6 is 0 Å². The van der Waals surface area contributed by atoms with E-state index in [-0.39, 0.29) is 5.91 Å². The molecule has 1 unspecified atom stereocenters. The van der Waals surface area contributed by atoms with E-state index in [0.29, 0.717) is 17.0 Å². The molecule has 1 atom stereocenters. The van der Waals surface area contributed by atoms with Crippen LogP contribution in [0.4, 0.5) is 0 Å². The van der Waals surface area contributed by atoms with Crippen molar-refractivity contribution in [3.63, 3.8) is 0 Å². The SMILES string of the molecule is COc1ccc(C(=O)N2CCC(Cc3cccc(C(N)=O)c3)C2)cc1C. The lowest BCUT2D eigenvalue weighted by molar-refractivity contribution is 0.0786. The lowest BCUT2D eigenvalue weighted by atomic mass is 9.97. The number of nitrogens with zero attached hydrogens (tertiary/aromatic N) is 1. The third-order valence-electron chi connectivity index (χ3n) is 4.95. The normalized spacial score (nSPS) is 16.5. The molecule has 2 aromatic rings. The Morgan fingerprint density at radius 1 is 1.19 bits per heavy atom. The van der Waals surface area contributed by atoms with Crippen molar-refractivity contribution in [1.82, 2.24) is 4.90 Å². The van der Waals surface area contributed by atoms with Crippen molar-refractivity contribution >= 4 is 11.8 Å². The lowest BCUT2D eigenvalue weighted by Crippen LogP contribution is -2.29. The molecule has 0 bridgehead atoms. The monoisotopic (exact) mass is 352 g/mol. The maximum atomic E-state index is 12.8. The summed E-state index contributed by atoms with van der Waals surface area (Å²) in [6, 6.07) is 13.0. The van der Waals surface area contributed by atoms with E-state index in [9.17, 15) is 9.59 Å². The van der Waals surface area contributed by atoms with Gasteiger partial charge in [-0.25, -0.2) is 0 Å². The van der Waals surface area contributed by atoms with Crippen LogP contribution in [0.15, 0.2) is 42.5 Å². The van der Waals surface area contributed by atoms with Crippen LogP contribution in [-0.4, -0.2) is 36.9 Å². The topological polar surface area (TPSA) is 72.6 Å². The number of amides is 2. The van der Waals surface area contributed by atoms with Gasteiger partial charge in [-0.3, -0.25) is 9.59 Å². The van der Waals surface area contributed by atoms with Gasteiger partial charge in [-0.2, -0.15) is 0 Å². The van der Waals surface area contributed by atoms with E-state index >= 15 is 0 Å². The third-order valence-corrected chi connectivity index (χ3v) is 4.95. The Kier molecular flexibility index (Phi) is 5.26. The van der Waals surface area contributed by atoms with Crippen molar-refractivity contribution in [2.45, 2.75) is 19.8 Å². The van der Waals surface area contributed by atoms with Crippen LogP contribution in [-0.2, 0) is 6.42 Å². The Morgan fingerprint density at radius 3 is 2.69 bits per heavy atom. The van der Waals surface area contributed by atoms with E-state index in [1.165, 1.54) is 0 Å². The minimum Gasteiger partial charge on any atom is -0.496 e.